The minimum atomic E-state index is -2.10. The highest BCUT2D eigenvalue weighted by Gasteiger charge is 2.34. The van der Waals surface area contributed by atoms with Gasteiger partial charge in [0.25, 0.3) is 3.79 Å². The fraction of sp³-hybridized carbons (Fsp3) is 0.789. The number of ether oxygens (including phenoxy) is 2. The molecular formula is C19H29Cl3O5. The van der Waals surface area contributed by atoms with Gasteiger partial charge in [0.15, 0.2) is 0 Å². The molecule has 0 fully saturated rings. The van der Waals surface area contributed by atoms with Gasteiger partial charge in [0.2, 0.25) is 6.29 Å². The number of hydrogen-bond donors (Lipinski definition) is 1. The minimum Gasteiger partial charge on any atom is -0.459 e. The van der Waals surface area contributed by atoms with Crippen molar-refractivity contribution in [1.82, 2.24) is 0 Å². The van der Waals surface area contributed by atoms with Crippen molar-refractivity contribution in [3.8, 4) is 0 Å². The van der Waals surface area contributed by atoms with Gasteiger partial charge < -0.3 is 14.6 Å². The van der Waals surface area contributed by atoms with Gasteiger partial charge >= 0.3 is 11.9 Å². The molecule has 1 rings (SSSR count). The number of aliphatic hydroxyl groups is 1. The van der Waals surface area contributed by atoms with Crippen LogP contribution in [0.2, 0.25) is 0 Å². The summed E-state index contributed by atoms with van der Waals surface area (Å²) in [6.07, 6.45) is 10.2. The first kappa shape index (κ1) is 24.5. The van der Waals surface area contributed by atoms with Crippen LogP contribution in [0.3, 0.4) is 0 Å². The first-order valence-electron chi connectivity index (χ1n) is 9.61. The van der Waals surface area contributed by atoms with Gasteiger partial charge in [0.05, 0.1) is 0 Å². The van der Waals surface area contributed by atoms with Crippen molar-refractivity contribution in [3.05, 3.63) is 11.6 Å². The number of carbonyl (C=O) groups excluding carboxylic acids is 2. The maximum Gasteiger partial charge on any atom is 0.358 e. The highest BCUT2D eigenvalue weighted by atomic mass is 35.6. The predicted octanol–water partition coefficient (Wildman–Crippen LogP) is 5.38. The maximum absolute atomic E-state index is 11.9. The molecular weight excluding hydrogens is 415 g/mol. The molecule has 0 aromatic rings. The predicted molar refractivity (Wildman–Crippen MR) is 107 cm³/mol. The molecule has 0 radical (unpaired) electrons. The lowest BCUT2D eigenvalue weighted by molar-refractivity contribution is -0.152. The summed E-state index contributed by atoms with van der Waals surface area (Å²) in [7, 11) is 0. The summed E-state index contributed by atoms with van der Waals surface area (Å²) in [5.74, 6) is -1.39. The molecule has 5 nitrogen and oxygen atoms in total. The summed E-state index contributed by atoms with van der Waals surface area (Å²) < 4.78 is 7.90. The van der Waals surface area contributed by atoms with Gasteiger partial charge in [-0.15, -0.1) is 0 Å². The second-order valence-corrected chi connectivity index (χ2v) is 9.10. The topological polar surface area (TPSA) is 72.8 Å². The molecule has 156 valence electrons. The number of esters is 2. The Morgan fingerprint density at radius 3 is 2.30 bits per heavy atom. The zero-order chi connectivity index (χ0) is 20.3. The highest BCUT2D eigenvalue weighted by molar-refractivity contribution is 6.75. The molecule has 2 atom stereocenters. The van der Waals surface area contributed by atoms with E-state index in [1.165, 1.54) is 31.8 Å². The second kappa shape index (κ2) is 12.9. The van der Waals surface area contributed by atoms with Crippen molar-refractivity contribution in [1.29, 1.82) is 0 Å². The first-order valence-corrected chi connectivity index (χ1v) is 10.7. The average Bonchev–Trinajstić information content (AvgIpc) is 2.90. The molecule has 1 aliphatic heterocycles. The van der Waals surface area contributed by atoms with E-state index in [4.69, 9.17) is 39.5 Å². The third kappa shape index (κ3) is 10.6. The molecule has 0 bridgehead atoms. The van der Waals surface area contributed by atoms with E-state index in [0.29, 0.717) is 31.3 Å². The monoisotopic (exact) mass is 442 g/mol. The Morgan fingerprint density at radius 2 is 1.74 bits per heavy atom. The summed E-state index contributed by atoms with van der Waals surface area (Å²) in [5.41, 5.74) is 0.435. The van der Waals surface area contributed by atoms with Crippen molar-refractivity contribution in [3.63, 3.8) is 0 Å². The zero-order valence-electron chi connectivity index (χ0n) is 15.7. The largest absolute Gasteiger partial charge is 0.459 e. The van der Waals surface area contributed by atoms with E-state index in [9.17, 15) is 14.7 Å². The minimum absolute atomic E-state index is 0.369. The van der Waals surface area contributed by atoms with E-state index in [-0.39, 0.29) is 6.10 Å². The number of alkyl halides is 3. The van der Waals surface area contributed by atoms with Crippen LogP contribution in [-0.4, -0.2) is 33.2 Å². The van der Waals surface area contributed by atoms with Crippen LogP contribution in [0.1, 0.15) is 77.6 Å². The van der Waals surface area contributed by atoms with Crippen LogP contribution < -0.4 is 0 Å². The molecule has 0 saturated heterocycles. The van der Waals surface area contributed by atoms with Crippen LogP contribution in [-0.2, 0) is 19.1 Å². The lowest BCUT2D eigenvalue weighted by Crippen LogP contribution is -2.28. The van der Waals surface area contributed by atoms with Crippen LogP contribution in [0.25, 0.3) is 0 Å². The molecule has 0 amide bonds. The number of rotatable bonds is 13. The number of cyclic esters (lactones) is 1. The Balaban J connectivity index is 2.39. The molecule has 8 heteroatoms. The number of unbranched alkanes of at least 4 members (excludes halogenated alkanes) is 6. The summed E-state index contributed by atoms with van der Waals surface area (Å²) in [4.78, 5) is 23.4. The molecule has 0 aromatic heterocycles. The number of carbonyl (C=O) groups is 2. The number of hydrogen-bond acceptors (Lipinski definition) is 5. The van der Waals surface area contributed by atoms with Gasteiger partial charge in [-0.05, 0) is 38.2 Å². The summed E-state index contributed by atoms with van der Waals surface area (Å²) in [5, 5.41) is 9.27. The number of halogens is 3. The van der Waals surface area contributed by atoms with Crippen LogP contribution in [0.5, 0.6) is 0 Å². The molecule has 27 heavy (non-hydrogen) atoms. The zero-order valence-corrected chi connectivity index (χ0v) is 18.0. The molecule has 1 N–H and O–H groups in total. The van der Waals surface area contributed by atoms with Crippen LogP contribution in [0.4, 0.5) is 0 Å². The first-order chi connectivity index (χ1) is 12.7. The Morgan fingerprint density at radius 1 is 1.15 bits per heavy atom. The average molecular weight is 444 g/mol. The van der Waals surface area contributed by atoms with Gasteiger partial charge in [0.1, 0.15) is 6.10 Å². The van der Waals surface area contributed by atoms with E-state index >= 15 is 0 Å². The lowest BCUT2D eigenvalue weighted by Gasteiger charge is -2.20. The Bertz CT molecular complexity index is 502. The SMILES string of the molecule is CCCCCCCCCC(CCCC1=CC(O)OC1=O)OC(=O)C(Cl)(Cl)Cl. The van der Waals surface area contributed by atoms with Crippen molar-refractivity contribution >= 4 is 46.7 Å². The van der Waals surface area contributed by atoms with E-state index < -0.39 is 22.0 Å². The molecule has 1 heterocycles. The smallest absolute Gasteiger partial charge is 0.358 e. The van der Waals surface area contributed by atoms with Gasteiger partial charge in [-0.2, -0.15) is 0 Å². The second-order valence-electron chi connectivity index (χ2n) is 6.82. The van der Waals surface area contributed by atoms with Gasteiger partial charge in [-0.3, -0.25) is 0 Å². The summed E-state index contributed by atoms with van der Waals surface area (Å²) in [6, 6.07) is 0. The molecule has 0 aromatic carbocycles. The molecule has 2 unspecified atom stereocenters. The third-order valence-corrected chi connectivity index (χ3v) is 4.90. The van der Waals surface area contributed by atoms with Crippen molar-refractivity contribution in [2.75, 3.05) is 0 Å². The van der Waals surface area contributed by atoms with Crippen molar-refractivity contribution in [2.24, 2.45) is 0 Å². The molecule has 0 aliphatic carbocycles. The van der Waals surface area contributed by atoms with Crippen LogP contribution in [0.15, 0.2) is 11.6 Å². The third-order valence-electron chi connectivity index (χ3n) is 4.44. The summed E-state index contributed by atoms with van der Waals surface area (Å²) in [6.45, 7) is 2.19. The number of aliphatic hydroxyl groups excluding tert-OH is 1. The molecule has 1 aliphatic rings. The van der Waals surface area contributed by atoms with E-state index in [1.54, 1.807) is 0 Å². The standard InChI is InChI=1S/C19H29Cl3O5/c1-2-3-4-5-6-7-8-11-15(26-18(25)19(20,21)22)12-9-10-14-13-16(23)27-17(14)24/h13,15-16,23H,2-12H2,1H3. The van der Waals surface area contributed by atoms with E-state index in [2.05, 4.69) is 11.7 Å². The summed E-state index contributed by atoms with van der Waals surface area (Å²) >= 11 is 16.8. The fourth-order valence-corrected chi connectivity index (χ4v) is 3.11. The maximum atomic E-state index is 11.9. The Labute approximate surface area is 176 Å². The van der Waals surface area contributed by atoms with Gasteiger partial charge in [-0.25, -0.2) is 9.59 Å². The highest BCUT2D eigenvalue weighted by Crippen LogP contribution is 2.29. The molecule has 0 spiro atoms. The van der Waals surface area contributed by atoms with E-state index in [1.807, 2.05) is 0 Å². The van der Waals surface area contributed by atoms with Crippen molar-refractivity contribution in [2.45, 2.75) is 93.7 Å². The lowest BCUT2D eigenvalue weighted by atomic mass is 10.0. The Kier molecular flexibility index (Phi) is 11.7. The normalized spacial score (nSPS) is 18.2. The van der Waals surface area contributed by atoms with E-state index in [0.717, 1.165) is 19.3 Å². The van der Waals surface area contributed by atoms with Crippen LogP contribution in [0, 0.1) is 0 Å². The molecule has 0 saturated carbocycles. The van der Waals surface area contributed by atoms with Crippen molar-refractivity contribution < 1.29 is 24.2 Å². The van der Waals surface area contributed by atoms with Gasteiger partial charge in [0, 0.05) is 5.57 Å². The quantitative estimate of drug-likeness (QED) is 0.235. The Hall–Kier alpha value is -0.490. The van der Waals surface area contributed by atoms with Gasteiger partial charge in [-0.1, -0.05) is 80.3 Å². The van der Waals surface area contributed by atoms with Crippen LogP contribution >= 0.6 is 34.8 Å². The fourth-order valence-electron chi connectivity index (χ4n) is 2.97.